The molecule has 2 N–H and O–H groups in total. The van der Waals surface area contributed by atoms with E-state index in [0.29, 0.717) is 0 Å². The molecule has 7 nitrogen and oxygen atoms in total. The summed E-state index contributed by atoms with van der Waals surface area (Å²) in [5.74, 6) is 0.769. The Morgan fingerprint density at radius 3 is 2.95 bits per heavy atom. The zero-order chi connectivity index (χ0) is 14.4. The zero-order valence-corrected chi connectivity index (χ0v) is 12.2. The summed E-state index contributed by atoms with van der Waals surface area (Å²) in [5.41, 5.74) is 0. The van der Waals surface area contributed by atoms with E-state index in [1.807, 2.05) is 6.92 Å². The molecule has 7 heteroatoms. The van der Waals surface area contributed by atoms with E-state index in [0.717, 1.165) is 51.5 Å². The highest BCUT2D eigenvalue weighted by atomic mass is 16.5. The Labute approximate surface area is 119 Å². The molecule has 1 aromatic rings. The number of ether oxygens (including phenoxy) is 1. The minimum atomic E-state index is -0.218. The maximum absolute atomic E-state index is 12.0. The molecule has 0 saturated carbocycles. The molecule has 0 spiro atoms. The number of nitrogens with zero attached hydrogens (tertiary/aromatic N) is 3. The van der Waals surface area contributed by atoms with Crippen LogP contribution in [0.5, 0.6) is 0 Å². The van der Waals surface area contributed by atoms with Crippen molar-refractivity contribution in [2.75, 3.05) is 32.8 Å². The highest BCUT2D eigenvalue weighted by Crippen LogP contribution is 2.00. The minimum absolute atomic E-state index is 0.0636. The number of nitrogens with one attached hydrogen (secondary N) is 2. The van der Waals surface area contributed by atoms with Crippen molar-refractivity contribution in [1.29, 1.82) is 0 Å². The normalized spacial score (nSPS) is 17.9. The largest absolute Gasteiger partial charge is 0.379 e. The lowest BCUT2D eigenvalue weighted by atomic mass is 10.3. The van der Waals surface area contributed by atoms with Crippen molar-refractivity contribution >= 4 is 5.91 Å². The molecule has 1 saturated heterocycles. The fourth-order valence-corrected chi connectivity index (χ4v) is 2.25. The first-order valence-electron chi connectivity index (χ1n) is 7.21. The quantitative estimate of drug-likeness (QED) is 0.778. The molecular weight excluding hydrogens is 258 g/mol. The molecule has 20 heavy (non-hydrogen) atoms. The summed E-state index contributed by atoms with van der Waals surface area (Å²) >= 11 is 0. The molecule has 1 aromatic heterocycles. The van der Waals surface area contributed by atoms with E-state index < -0.39 is 0 Å². The summed E-state index contributed by atoms with van der Waals surface area (Å²) in [6, 6.07) is 0.0636. The van der Waals surface area contributed by atoms with E-state index in [1.54, 1.807) is 0 Å². The number of carbonyl (C=O) groups excluding carboxylic acids is 1. The van der Waals surface area contributed by atoms with Gasteiger partial charge < -0.3 is 10.1 Å². The highest BCUT2D eigenvalue weighted by molar-refractivity contribution is 5.90. The molecule has 0 aromatic carbocycles. The van der Waals surface area contributed by atoms with Gasteiger partial charge in [0.05, 0.1) is 13.2 Å². The Morgan fingerprint density at radius 2 is 2.25 bits per heavy atom. The molecule has 0 aliphatic carbocycles. The van der Waals surface area contributed by atoms with Gasteiger partial charge in [-0.05, 0) is 13.3 Å². The van der Waals surface area contributed by atoms with Gasteiger partial charge in [0.2, 0.25) is 5.82 Å². The Bertz CT molecular complexity index is 428. The molecule has 1 aliphatic heterocycles. The molecule has 2 rings (SSSR count). The first-order valence-corrected chi connectivity index (χ1v) is 7.21. The monoisotopic (exact) mass is 281 g/mol. The van der Waals surface area contributed by atoms with Gasteiger partial charge in [-0.1, -0.05) is 6.92 Å². The van der Waals surface area contributed by atoms with E-state index in [9.17, 15) is 4.79 Å². The van der Waals surface area contributed by atoms with Gasteiger partial charge in [-0.25, -0.2) is 4.98 Å². The number of amides is 1. The van der Waals surface area contributed by atoms with Gasteiger partial charge in [-0.2, -0.15) is 0 Å². The molecule has 1 amide bonds. The topological polar surface area (TPSA) is 83.1 Å². The maximum atomic E-state index is 12.0. The minimum Gasteiger partial charge on any atom is -0.379 e. The van der Waals surface area contributed by atoms with E-state index in [-0.39, 0.29) is 17.8 Å². The lowest BCUT2D eigenvalue weighted by Crippen LogP contribution is -2.46. The van der Waals surface area contributed by atoms with Gasteiger partial charge in [0.15, 0.2) is 0 Å². The van der Waals surface area contributed by atoms with Gasteiger partial charge in [-0.15, -0.1) is 5.10 Å². The second kappa shape index (κ2) is 7.35. The van der Waals surface area contributed by atoms with Gasteiger partial charge in [-0.3, -0.25) is 14.8 Å². The van der Waals surface area contributed by atoms with Crippen LogP contribution in [-0.2, 0) is 11.2 Å². The Balaban J connectivity index is 1.80. The Hall–Kier alpha value is -1.47. The second-order valence-corrected chi connectivity index (χ2v) is 5.14. The van der Waals surface area contributed by atoms with Crippen LogP contribution in [0, 0.1) is 0 Å². The van der Waals surface area contributed by atoms with Crippen LogP contribution in [-0.4, -0.2) is 64.9 Å². The lowest BCUT2D eigenvalue weighted by molar-refractivity contribution is 0.0342. The average Bonchev–Trinajstić information content (AvgIpc) is 2.89. The summed E-state index contributed by atoms with van der Waals surface area (Å²) in [7, 11) is 0. The van der Waals surface area contributed by atoms with Crippen LogP contribution in [0.3, 0.4) is 0 Å². The van der Waals surface area contributed by atoms with Crippen molar-refractivity contribution in [2.24, 2.45) is 0 Å². The standard InChI is InChI=1S/C13H23N5O2/c1-3-4-11-15-12(17-16-11)13(19)14-10(2)9-18-5-7-20-8-6-18/h10H,3-9H2,1-2H3,(H,14,19)(H,15,16,17). The molecule has 1 aliphatic rings. The number of aromatic nitrogens is 3. The number of aromatic amines is 1. The van der Waals surface area contributed by atoms with Crippen molar-refractivity contribution in [3.63, 3.8) is 0 Å². The lowest BCUT2D eigenvalue weighted by Gasteiger charge is -2.29. The third-order valence-electron chi connectivity index (χ3n) is 3.23. The van der Waals surface area contributed by atoms with Crippen LogP contribution in [0.2, 0.25) is 0 Å². The summed E-state index contributed by atoms with van der Waals surface area (Å²) in [5, 5.41) is 9.68. The molecular formula is C13H23N5O2. The molecule has 0 radical (unpaired) electrons. The zero-order valence-electron chi connectivity index (χ0n) is 12.2. The van der Waals surface area contributed by atoms with Crippen molar-refractivity contribution in [3.8, 4) is 0 Å². The molecule has 112 valence electrons. The van der Waals surface area contributed by atoms with Gasteiger partial charge in [0.1, 0.15) is 5.82 Å². The molecule has 1 fully saturated rings. The fourth-order valence-electron chi connectivity index (χ4n) is 2.25. The highest BCUT2D eigenvalue weighted by Gasteiger charge is 2.18. The van der Waals surface area contributed by atoms with E-state index in [4.69, 9.17) is 4.74 Å². The summed E-state index contributed by atoms with van der Waals surface area (Å²) in [6.07, 6.45) is 1.79. The first-order chi connectivity index (χ1) is 9.69. The van der Waals surface area contributed by atoms with Crippen molar-refractivity contribution in [1.82, 2.24) is 25.4 Å². The van der Waals surface area contributed by atoms with Gasteiger partial charge in [0, 0.05) is 32.1 Å². The van der Waals surface area contributed by atoms with Crippen LogP contribution < -0.4 is 5.32 Å². The van der Waals surface area contributed by atoms with Crippen LogP contribution in [0.25, 0.3) is 0 Å². The van der Waals surface area contributed by atoms with E-state index in [1.165, 1.54) is 0 Å². The fraction of sp³-hybridized carbons (Fsp3) is 0.769. The number of hydrogen-bond donors (Lipinski definition) is 2. The number of morpholine rings is 1. The Morgan fingerprint density at radius 1 is 1.50 bits per heavy atom. The molecule has 2 heterocycles. The Kier molecular flexibility index (Phi) is 5.49. The first kappa shape index (κ1) is 14.9. The number of hydrogen-bond acceptors (Lipinski definition) is 5. The van der Waals surface area contributed by atoms with Crippen LogP contribution >= 0.6 is 0 Å². The smallest absolute Gasteiger partial charge is 0.291 e. The van der Waals surface area contributed by atoms with E-state index in [2.05, 4.69) is 32.3 Å². The van der Waals surface area contributed by atoms with Crippen molar-refractivity contribution < 1.29 is 9.53 Å². The summed E-state index contributed by atoms with van der Waals surface area (Å²) in [4.78, 5) is 18.5. The summed E-state index contributed by atoms with van der Waals surface area (Å²) < 4.78 is 5.30. The molecule has 1 unspecified atom stereocenters. The second-order valence-electron chi connectivity index (χ2n) is 5.14. The number of carbonyl (C=O) groups is 1. The van der Waals surface area contributed by atoms with Crippen molar-refractivity contribution in [3.05, 3.63) is 11.6 Å². The van der Waals surface area contributed by atoms with Gasteiger partial charge in [0.25, 0.3) is 5.91 Å². The number of rotatable bonds is 6. The molecule has 1 atom stereocenters. The molecule has 0 bridgehead atoms. The SMILES string of the molecule is CCCc1nc(C(=O)NC(C)CN2CCOCC2)n[nH]1. The third-order valence-corrected chi connectivity index (χ3v) is 3.23. The predicted octanol–water partition coefficient (Wildman–Crippen LogP) is 0.208. The summed E-state index contributed by atoms with van der Waals surface area (Å²) in [6.45, 7) is 8.24. The number of aryl methyl sites for hydroxylation is 1. The maximum Gasteiger partial charge on any atom is 0.291 e. The van der Waals surface area contributed by atoms with Crippen LogP contribution in [0.4, 0.5) is 0 Å². The van der Waals surface area contributed by atoms with E-state index >= 15 is 0 Å². The van der Waals surface area contributed by atoms with Crippen LogP contribution in [0.1, 0.15) is 36.7 Å². The predicted molar refractivity (Wildman–Crippen MR) is 74.6 cm³/mol. The van der Waals surface area contributed by atoms with Crippen molar-refractivity contribution in [2.45, 2.75) is 32.7 Å². The third kappa shape index (κ3) is 4.28. The number of H-pyrrole nitrogens is 1. The van der Waals surface area contributed by atoms with Crippen LogP contribution in [0.15, 0.2) is 0 Å². The average molecular weight is 281 g/mol. The van der Waals surface area contributed by atoms with Gasteiger partial charge >= 0.3 is 0 Å².